The molecule has 4 aromatic rings. The van der Waals surface area contributed by atoms with Crippen LogP contribution in [0.3, 0.4) is 0 Å². The summed E-state index contributed by atoms with van der Waals surface area (Å²) >= 11 is 0. The maximum absolute atomic E-state index is 12.5. The molecule has 4 rings (SSSR count). The van der Waals surface area contributed by atoms with E-state index in [-0.39, 0.29) is 17.9 Å². The number of fused-ring (bicyclic) bond motifs is 1. The van der Waals surface area contributed by atoms with Crippen LogP contribution in [0.1, 0.15) is 5.69 Å². The Labute approximate surface area is 154 Å². The number of carbonyl (C=O) groups is 1. The molecular formula is C19H16N6O2. The molecule has 0 saturated heterocycles. The molecule has 0 saturated carbocycles. The third-order valence-electron chi connectivity index (χ3n) is 4.20. The van der Waals surface area contributed by atoms with Crippen LogP contribution in [0.15, 0.2) is 66.0 Å². The number of nitrogens with one attached hydrogen (secondary N) is 1. The number of amides is 1. The zero-order chi connectivity index (χ0) is 18.8. The molecule has 8 nitrogen and oxygen atoms in total. The molecule has 0 aliphatic heterocycles. The van der Waals surface area contributed by atoms with Crippen LogP contribution in [-0.4, -0.2) is 30.5 Å². The first kappa shape index (κ1) is 16.6. The molecule has 2 heterocycles. The Hall–Kier alpha value is -3.81. The zero-order valence-electron chi connectivity index (χ0n) is 14.5. The number of hydrogen-bond donors (Lipinski definition) is 1. The molecule has 2 aromatic carbocycles. The van der Waals surface area contributed by atoms with E-state index in [1.54, 1.807) is 48.4 Å². The van der Waals surface area contributed by atoms with E-state index in [1.165, 1.54) is 11.0 Å². The predicted octanol–water partition coefficient (Wildman–Crippen LogP) is 1.70. The van der Waals surface area contributed by atoms with Gasteiger partial charge >= 0.3 is 0 Å². The highest BCUT2D eigenvalue weighted by molar-refractivity contribution is 5.95. The average molecular weight is 360 g/mol. The highest BCUT2D eigenvalue weighted by Gasteiger charge is 2.12. The van der Waals surface area contributed by atoms with Gasteiger partial charge in [0.25, 0.3) is 5.56 Å². The highest BCUT2D eigenvalue weighted by Crippen LogP contribution is 2.16. The van der Waals surface area contributed by atoms with E-state index >= 15 is 0 Å². The number of benzene rings is 2. The molecule has 0 radical (unpaired) electrons. The van der Waals surface area contributed by atoms with Gasteiger partial charge < -0.3 is 5.32 Å². The number of anilines is 1. The van der Waals surface area contributed by atoms with E-state index < -0.39 is 0 Å². The van der Waals surface area contributed by atoms with Gasteiger partial charge in [0, 0.05) is 18.1 Å². The van der Waals surface area contributed by atoms with Gasteiger partial charge in [-0.25, -0.2) is 14.3 Å². The third-order valence-corrected chi connectivity index (χ3v) is 4.20. The molecule has 1 amide bonds. The minimum atomic E-state index is -0.209. The standard InChI is InChI=1S/C19H16N6O2/c1-24-19(27)16-5-3-2-4-15(16)17(23-24)10-18(26)22-13-6-8-14(9-7-13)25-12-20-11-21-25/h2-9,11-12H,10H2,1H3,(H,22,26). The average Bonchev–Trinajstić information content (AvgIpc) is 3.21. The molecule has 134 valence electrons. The van der Waals surface area contributed by atoms with Gasteiger partial charge in [-0.1, -0.05) is 18.2 Å². The third kappa shape index (κ3) is 3.32. The summed E-state index contributed by atoms with van der Waals surface area (Å²) in [6.45, 7) is 0. The summed E-state index contributed by atoms with van der Waals surface area (Å²) in [5.41, 5.74) is 1.89. The lowest BCUT2D eigenvalue weighted by Gasteiger charge is -2.09. The van der Waals surface area contributed by atoms with Crippen molar-refractivity contribution in [2.24, 2.45) is 7.05 Å². The Morgan fingerprint density at radius 2 is 1.81 bits per heavy atom. The van der Waals surface area contributed by atoms with E-state index in [0.717, 1.165) is 5.69 Å². The normalized spacial score (nSPS) is 10.9. The van der Waals surface area contributed by atoms with Crippen molar-refractivity contribution in [3.8, 4) is 5.69 Å². The van der Waals surface area contributed by atoms with Gasteiger partial charge in [-0.3, -0.25) is 9.59 Å². The van der Waals surface area contributed by atoms with Gasteiger partial charge in [-0.15, -0.1) is 0 Å². The lowest BCUT2D eigenvalue weighted by molar-refractivity contribution is -0.115. The van der Waals surface area contributed by atoms with Crippen LogP contribution >= 0.6 is 0 Å². The summed E-state index contributed by atoms with van der Waals surface area (Å²) in [6, 6.07) is 14.4. The van der Waals surface area contributed by atoms with Crippen LogP contribution in [0.4, 0.5) is 5.69 Å². The highest BCUT2D eigenvalue weighted by atomic mass is 16.1. The fraction of sp³-hybridized carbons (Fsp3) is 0.105. The molecule has 0 atom stereocenters. The smallest absolute Gasteiger partial charge is 0.274 e. The van der Waals surface area contributed by atoms with Crippen molar-refractivity contribution in [1.29, 1.82) is 0 Å². The first-order valence-electron chi connectivity index (χ1n) is 8.31. The van der Waals surface area contributed by atoms with E-state index in [2.05, 4.69) is 20.5 Å². The Balaban J connectivity index is 1.54. The summed E-state index contributed by atoms with van der Waals surface area (Å²) in [5.74, 6) is -0.209. The SMILES string of the molecule is Cn1nc(CC(=O)Nc2ccc(-n3cncn3)cc2)c2ccccc2c1=O. The molecule has 0 unspecified atom stereocenters. The van der Waals surface area contributed by atoms with Gasteiger partial charge in [-0.05, 0) is 30.3 Å². The first-order chi connectivity index (χ1) is 13.1. The molecule has 0 fully saturated rings. The second-order valence-electron chi connectivity index (χ2n) is 6.03. The Morgan fingerprint density at radius 1 is 1.07 bits per heavy atom. The van der Waals surface area contributed by atoms with Crippen LogP contribution in [0.5, 0.6) is 0 Å². The van der Waals surface area contributed by atoms with Crippen LogP contribution in [-0.2, 0) is 18.3 Å². The topological polar surface area (TPSA) is 94.7 Å². The van der Waals surface area contributed by atoms with E-state index in [9.17, 15) is 9.59 Å². The first-order valence-corrected chi connectivity index (χ1v) is 8.31. The molecule has 0 aliphatic rings. The fourth-order valence-corrected chi connectivity index (χ4v) is 2.90. The second kappa shape index (κ2) is 6.83. The molecular weight excluding hydrogens is 344 g/mol. The van der Waals surface area contributed by atoms with Gasteiger partial charge in [0.2, 0.25) is 5.91 Å². The maximum atomic E-state index is 12.5. The zero-order valence-corrected chi connectivity index (χ0v) is 14.5. The molecule has 0 spiro atoms. The second-order valence-corrected chi connectivity index (χ2v) is 6.03. The number of aryl methyl sites for hydroxylation is 1. The van der Waals surface area contributed by atoms with Gasteiger partial charge in [0.1, 0.15) is 12.7 Å². The quantitative estimate of drug-likeness (QED) is 0.598. The minimum Gasteiger partial charge on any atom is -0.326 e. The van der Waals surface area contributed by atoms with Crippen LogP contribution in [0.25, 0.3) is 16.5 Å². The molecule has 8 heteroatoms. The van der Waals surface area contributed by atoms with E-state index in [4.69, 9.17) is 0 Å². The summed E-state index contributed by atoms with van der Waals surface area (Å²) in [5, 5.41) is 12.4. The van der Waals surface area contributed by atoms with E-state index in [1.807, 2.05) is 18.2 Å². The molecule has 2 aromatic heterocycles. The number of rotatable bonds is 4. The number of carbonyl (C=O) groups excluding carboxylic acids is 1. The minimum absolute atomic E-state index is 0.0689. The van der Waals surface area contributed by atoms with Crippen molar-refractivity contribution in [3.63, 3.8) is 0 Å². The Morgan fingerprint density at radius 3 is 2.52 bits per heavy atom. The predicted molar refractivity (Wildman–Crippen MR) is 101 cm³/mol. The summed E-state index contributed by atoms with van der Waals surface area (Å²) in [7, 11) is 1.58. The van der Waals surface area contributed by atoms with Crippen molar-refractivity contribution in [1.82, 2.24) is 24.5 Å². The Bertz CT molecular complexity index is 1160. The van der Waals surface area contributed by atoms with Crippen molar-refractivity contribution in [3.05, 3.63) is 77.2 Å². The van der Waals surface area contributed by atoms with Gasteiger partial charge in [-0.2, -0.15) is 10.2 Å². The van der Waals surface area contributed by atoms with Crippen molar-refractivity contribution in [2.45, 2.75) is 6.42 Å². The largest absolute Gasteiger partial charge is 0.326 e. The van der Waals surface area contributed by atoms with Crippen molar-refractivity contribution >= 4 is 22.4 Å². The monoisotopic (exact) mass is 360 g/mol. The lowest BCUT2D eigenvalue weighted by atomic mass is 10.1. The molecule has 0 aliphatic carbocycles. The summed E-state index contributed by atoms with van der Waals surface area (Å²) < 4.78 is 2.89. The number of hydrogen-bond acceptors (Lipinski definition) is 5. The van der Waals surface area contributed by atoms with Crippen LogP contribution in [0.2, 0.25) is 0 Å². The van der Waals surface area contributed by atoms with Gasteiger partial charge in [0.15, 0.2) is 0 Å². The molecule has 27 heavy (non-hydrogen) atoms. The molecule has 1 N–H and O–H groups in total. The lowest BCUT2D eigenvalue weighted by Crippen LogP contribution is -2.24. The van der Waals surface area contributed by atoms with Crippen molar-refractivity contribution in [2.75, 3.05) is 5.32 Å². The van der Waals surface area contributed by atoms with Crippen molar-refractivity contribution < 1.29 is 4.79 Å². The van der Waals surface area contributed by atoms with Crippen LogP contribution in [0, 0.1) is 0 Å². The maximum Gasteiger partial charge on any atom is 0.274 e. The fourth-order valence-electron chi connectivity index (χ4n) is 2.90. The van der Waals surface area contributed by atoms with Gasteiger partial charge in [0.05, 0.1) is 23.2 Å². The summed E-state index contributed by atoms with van der Waals surface area (Å²) in [4.78, 5) is 28.5. The number of aromatic nitrogens is 5. The van der Waals surface area contributed by atoms with Crippen LogP contribution < -0.4 is 10.9 Å². The summed E-state index contributed by atoms with van der Waals surface area (Å²) in [6.07, 6.45) is 3.13. The molecule has 0 bridgehead atoms. The van der Waals surface area contributed by atoms with E-state index in [0.29, 0.717) is 22.2 Å². The number of nitrogens with zero attached hydrogens (tertiary/aromatic N) is 5. The Kier molecular flexibility index (Phi) is 4.21.